The van der Waals surface area contributed by atoms with E-state index in [0.29, 0.717) is 5.82 Å². The Bertz CT molecular complexity index is 577. The number of nitrogens with one attached hydrogen (secondary N) is 2. The highest BCUT2D eigenvalue weighted by Crippen LogP contribution is 2.12. The molecule has 1 aromatic carbocycles. The van der Waals surface area contributed by atoms with Gasteiger partial charge in [0.1, 0.15) is 11.6 Å². The average Bonchev–Trinajstić information content (AvgIpc) is 2.85. The van der Waals surface area contributed by atoms with Gasteiger partial charge < -0.3 is 10.4 Å². The van der Waals surface area contributed by atoms with E-state index in [1.807, 2.05) is 19.1 Å². The van der Waals surface area contributed by atoms with Gasteiger partial charge in [0.05, 0.1) is 0 Å². The Labute approximate surface area is 117 Å². The average molecular weight is 274 g/mol. The van der Waals surface area contributed by atoms with Crippen molar-refractivity contribution in [2.24, 2.45) is 0 Å². The second kappa shape index (κ2) is 6.18. The monoisotopic (exact) mass is 274 g/mol. The molecule has 6 heteroatoms. The maximum absolute atomic E-state index is 11.8. The molecule has 0 radical (unpaired) electrons. The van der Waals surface area contributed by atoms with Crippen LogP contribution in [-0.2, 0) is 6.42 Å². The third-order valence-electron chi connectivity index (χ3n) is 2.98. The van der Waals surface area contributed by atoms with Gasteiger partial charge in [-0.3, -0.25) is 9.89 Å². The summed E-state index contributed by atoms with van der Waals surface area (Å²) in [5.41, 5.74) is 1.12. The molecule has 1 amide bonds. The Morgan fingerprint density at radius 1 is 1.40 bits per heavy atom. The molecular formula is C14H18N4O2. The molecule has 0 aliphatic rings. The third kappa shape index (κ3) is 3.81. The Balaban J connectivity index is 1.82. The molecule has 0 saturated carbocycles. The number of aromatic amines is 1. The summed E-state index contributed by atoms with van der Waals surface area (Å²) in [6.07, 6.45) is 1.63. The highest BCUT2D eigenvalue weighted by molar-refractivity contribution is 5.90. The zero-order valence-electron chi connectivity index (χ0n) is 11.6. The summed E-state index contributed by atoms with van der Waals surface area (Å²) in [5.74, 6) is 0.772. The quantitative estimate of drug-likeness (QED) is 0.772. The van der Waals surface area contributed by atoms with Crippen molar-refractivity contribution in [3.63, 3.8) is 0 Å². The van der Waals surface area contributed by atoms with Crippen LogP contribution in [0.1, 0.15) is 35.4 Å². The lowest BCUT2D eigenvalue weighted by Gasteiger charge is -2.12. The van der Waals surface area contributed by atoms with E-state index in [1.165, 1.54) is 0 Å². The van der Waals surface area contributed by atoms with Crippen LogP contribution in [0.25, 0.3) is 0 Å². The number of aromatic nitrogens is 3. The number of rotatable bonds is 5. The molecular weight excluding hydrogens is 256 g/mol. The standard InChI is InChI=1S/C14H18N4O2/c1-9(3-4-11-5-7-12(19)8-6-11)15-14(20)13-16-10(2)17-18-13/h5-9,19H,3-4H2,1-2H3,(H,15,20)(H,16,17,18). The van der Waals surface area contributed by atoms with Crippen molar-refractivity contribution >= 4 is 5.91 Å². The van der Waals surface area contributed by atoms with Gasteiger partial charge in [-0.15, -0.1) is 5.10 Å². The van der Waals surface area contributed by atoms with Gasteiger partial charge in [-0.25, -0.2) is 4.98 Å². The maximum atomic E-state index is 11.8. The molecule has 0 aliphatic heterocycles. The lowest BCUT2D eigenvalue weighted by atomic mass is 10.1. The summed E-state index contributed by atoms with van der Waals surface area (Å²) in [6, 6.07) is 7.10. The SMILES string of the molecule is Cc1nc(C(=O)NC(C)CCc2ccc(O)cc2)n[nH]1. The summed E-state index contributed by atoms with van der Waals surface area (Å²) in [4.78, 5) is 15.8. The lowest BCUT2D eigenvalue weighted by Crippen LogP contribution is -2.33. The van der Waals surface area contributed by atoms with Crippen LogP contribution < -0.4 is 5.32 Å². The Morgan fingerprint density at radius 2 is 2.10 bits per heavy atom. The topological polar surface area (TPSA) is 90.9 Å². The first-order valence-corrected chi connectivity index (χ1v) is 6.52. The van der Waals surface area contributed by atoms with Gasteiger partial charge in [-0.2, -0.15) is 0 Å². The van der Waals surface area contributed by atoms with E-state index in [1.54, 1.807) is 19.1 Å². The van der Waals surface area contributed by atoms with Gasteiger partial charge >= 0.3 is 0 Å². The van der Waals surface area contributed by atoms with E-state index in [0.717, 1.165) is 18.4 Å². The first-order valence-electron chi connectivity index (χ1n) is 6.52. The highest BCUT2D eigenvalue weighted by atomic mass is 16.3. The fraction of sp³-hybridized carbons (Fsp3) is 0.357. The molecule has 1 aromatic heterocycles. The molecule has 20 heavy (non-hydrogen) atoms. The molecule has 2 rings (SSSR count). The van der Waals surface area contributed by atoms with Crippen molar-refractivity contribution in [1.29, 1.82) is 0 Å². The number of benzene rings is 1. The van der Waals surface area contributed by atoms with Gasteiger partial charge in [0, 0.05) is 6.04 Å². The lowest BCUT2D eigenvalue weighted by molar-refractivity contribution is 0.0928. The first-order chi connectivity index (χ1) is 9.54. The summed E-state index contributed by atoms with van der Waals surface area (Å²) in [7, 11) is 0. The molecule has 0 bridgehead atoms. The number of nitrogens with zero attached hydrogens (tertiary/aromatic N) is 2. The number of carbonyl (C=O) groups excluding carboxylic acids is 1. The van der Waals surface area contributed by atoms with Crippen LogP contribution in [0.3, 0.4) is 0 Å². The van der Waals surface area contributed by atoms with Crippen LogP contribution in [0.5, 0.6) is 5.75 Å². The van der Waals surface area contributed by atoms with Crippen LogP contribution in [0.2, 0.25) is 0 Å². The van der Waals surface area contributed by atoms with Gasteiger partial charge in [-0.1, -0.05) is 12.1 Å². The van der Waals surface area contributed by atoms with Crippen LogP contribution >= 0.6 is 0 Å². The fourth-order valence-corrected chi connectivity index (χ4v) is 1.85. The van der Waals surface area contributed by atoms with Gasteiger partial charge in [0.2, 0.25) is 5.82 Å². The summed E-state index contributed by atoms with van der Waals surface area (Å²) in [5, 5.41) is 18.5. The van der Waals surface area contributed by atoms with E-state index in [9.17, 15) is 9.90 Å². The number of aryl methyl sites for hydroxylation is 2. The second-order valence-corrected chi connectivity index (χ2v) is 4.82. The van der Waals surface area contributed by atoms with Crippen molar-refractivity contribution in [3.05, 3.63) is 41.5 Å². The van der Waals surface area contributed by atoms with Crippen molar-refractivity contribution in [1.82, 2.24) is 20.5 Å². The van der Waals surface area contributed by atoms with Gasteiger partial charge in [0.25, 0.3) is 5.91 Å². The van der Waals surface area contributed by atoms with E-state index >= 15 is 0 Å². The molecule has 3 N–H and O–H groups in total. The van der Waals surface area contributed by atoms with Crippen LogP contribution in [0, 0.1) is 6.92 Å². The number of hydrogen-bond acceptors (Lipinski definition) is 4. The zero-order valence-corrected chi connectivity index (χ0v) is 11.6. The predicted octanol–water partition coefficient (Wildman–Crippen LogP) is 1.57. The number of aromatic hydroxyl groups is 1. The third-order valence-corrected chi connectivity index (χ3v) is 2.98. The number of H-pyrrole nitrogens is 1. The zero-order chi connectivity index (χ0) is 14.5. The van der Waals surface area contributed by atoms with Crippen molar-refractivity contribution < 1.29 is 9.90 Å². The first kappa shape index (κ1) is 14.0. The predicted molar refractivity (Wildman–Crippen MR) is 74.5 cm³/mol. The number of phenols is 1. The van der Waals surface area contributed by atoms with Crippen LogP contribution in [0.15, 0.2) is 24.3 Å². The minimum Gasteiger partial charge on any atom is -0.508 e. The van der Waals surface area contributed by atoms with Crippen molar-refractivity contribution in [2.45, 2.75) is 32.7 Å². The van der Waals surface area contributed by atoms with Gasteiger partial charge in [-0.05, 0) is 44.4 Å². The molecule has 106 valence electrons. The minimum absolute atomic E-state index is 0.0232. The molecule has 1 heterocycles. The number of carbonyl (C=O) groups is 1. The molecule has 0 saturated heterocycles. The summed E-state index contributed by atoms with van der Waals surface area (Å²) < 4.78 is 0. The van der Waals surface area contributed by atoms with Gasteiger partial charge in [0.15, 0.2) is 0 Å². The number of amides is 1. The Hall–Kier alpha value is -2.37. The van der Waals surface area contributed by atoms with E-state index < -0.39 is 0 Å². The maximum Gasteiger partial charge on any atom is 0.291 e. The van der Waals surface area contributed by atoms with Crippen LogP contribution in [-0.4, -0.2) is 32.2 Å². The minimum atomic E-state index is -0.271. The molecule has 6 nitrogen and oxygen atoms in total. The summed E-state index contributed by atoms with van der Waals surface area (Å²) in [6.45, 7) is 3.69. The molecule has 0 aliphatic carbocycles. The largest absolute Gasteiger partial charge is 0.508 e. The Kier molecular flexibility index (Phi) is 4.34. The highest BCUT2D eigenvalue weighted by Gasteiger charge is 2.13. The summed E-state index contributed by atoms with van der Waals surface area (Å²) >= 11 is 0. The van der Waals surface area contributed by atoms with E-state index in [2.05, 4.69) is 20.5 Å². The van der Waals surface area contributed by atoms with Crippen molar-refractivity contribution in [2.75, 3.05) is 0 Å². The smallest absolute Gasteiger partial charge is 0.291 e. The Morgan fingerprint density at radius 3 is 2.70 bits per heavy atom. The van der Waals surface area contributed by atoms with E-state index in [4.69, 9.17) is 0 Å². The fourth-order valence-electron chi connectivity index (χ4n) is 1.85. The number of hydrogen-bond donors (Lipinski definition) is 3. The molecule has 2 aromatic rings. The number of phenolic OH excluding ortho intramolecular Hbond substituents is 1. The van der Waals surface area contributed by atoms with Crippen LogP contribution in [0.4, 0.5) is 0 Å². The van der Waals surface area contributed by atoms with Crippen molar-refractivity contribution in [3.8, 4) is 5.75 Å². The normalized spacial score (nSPS) is 12.1. The molecule has 1 unspecified atom stereocenters. The molecule has 1 atom stereocenters. The molecule has 0 fully saturated rings. The van der Waals surface area contributed by atoms with E-state index in [-0.39, 0.29) is 23.5 Å². The second-order valence-electron chi connectivity index (χ2n) is 4.82. The molecule has 0 spiro atoms.